The number of nitrogens with one attached hydrogen (secondary N) is 1. The Labute approximate surface area is 78.0 Å². The molecule has 0 amide bonds. The smallest absolute Gasteiger partial charge is 0.116 e. The normalized spacial score (nSPS) is 9.20. The molecule has 0 unspecified atom stereocenters. The minimum absolute atomic E-state index is 0. The zero-order chi connectivity index (χ0) is 6.10. The molecule has 1 N–H and O–H groups in total. The summed E-state index contributed by atoms with van der Waals surface area (Å²) in [4.78, 5) is 10.8. The van der Waals surface area contributed by atoms with Crippen LogP contribution in [-0.4, -0.2) is 42.3 Å². The van der Waals surface area contributed by atoms with E-state index in [4.69, 9.17) is 0 Å². The Morgan fingerprint density at radius 2 is 2.30 bits per heavy atom. The summed E-state index contributed by atoms with van der Waals surface area (Å²) in [5, 5.41) is 0. The Bertz CT molecular complexity index is 287. The zero-order valence-corrected chi connectivity index (χ0v) is 10.9. The molecule has 0 aliphatic carbocycles. The summed E-state index contributed by atoms with van der Waals surface area (Å²) >= 11 is 0. The molecule has 2 aromatic heterocycles. The molecule has 2 heterocycles. The van der Waals surface area contributed by atoms with Gasteiger partial charge in [0.05, 0.1) is 17.2 Å². The molecule has 10 heavy (non-hydrogen) atoms. The van der Waals surface area contributed by atoms with Gasteiger partial charge in [0.15, 0.2) is 0 Å². The Kier molecular flexibility index (Phi) is 2.36. The Balaban J connectivity index is 0.000000500. The van der Waals surface area contributed by atoms with Crippen molar-refractivity contribution in [2.75, 3.05) is 0 Å². The first-order valence-electron chi connectivity index (χ1n) is 2.70. The van der Waals surface area contributed by atoms with Crippen molar-refractivity contribution in [1.82, 2.24) is 15.0 Å². The molecule has 0 aliphatic heterocycles. The van der Waals surface area contributed by atoms with Gasteiger partial charge in [-0.1, -0.05) is 0 Å². The number of nitrogens with zero attached hydrogens (tertiary/aromatic N) is 2. The molecule has 0 aromatic carbocycles. The van der Waals surface area contributed by atoms with E-state index >= 15 is 0 Å². The first kappa shape index (κ1) is 7.65. The van der Waals surface area contributed by atoms with Crippen molar-refractivity contribution < 1.29 is 0 Å². The topological polar surface area (TPSA) is 41.6 Å². The summed E-state index contributed by atoms with van der Waals surface area (Å²) < 4.78 is 0. The number of H-pyrrole nitrogens is 1. The number of rotatable bonds is 0. The van der Waals surface area contributed by atoms with Crippen molar-refractivity contribution in [3.63, 3.8) is 0 Å². The predicted molar refractivity (Wildman–Crippen MR) is 42.4 cm³/mol. The van der Waals surface area contributed by atoms with Gasteiger partial charge in [-0.2, -0.15) is 0 Å². The molecular weight excluding hydrogens is 321 g/mol. The number of aromatic amines is 1. The Hall–Kier alpha value is -0.458. The third-order valence-corrected chi connectivity index (χ3v) is 1.22. The molecule has 50 valence electrons. The second-order valence-corrected chi connectivity index (χ2v) is 1.80. The van der Waals surface area contributed by atoms with Crippen molar-refractivity contribution in [3.05, 3.63) is 24.8 Å². The van der Waals surface area contributed by atoms with Crippen LogP contribution in [0.3, 0.4) is 0 Å². The minimum Gasteiger partial charge on any atom is -0.359 e. The largest absolute Gasteiger partial charge is 0.359 e. The number of fused-ring (bicyclic) bond motifs is 1. The van der Waals surface area contributed by atoms with Crippen molar-refractivity contribution >= 4 is 38.3 Å². The third kappa shape index (κ3) is 1.18. The van der Waals surface area contributed by atoms with Crippen LogP contribution in [0, 0.1) is 0 Å². The van der Waals surface area contributed by atoms with E-state index in [0.29, 0.717) is 0 Å². The molecule has 0 bridgehead atoms. The Morgan fingerprint density at radius 3 is 3.10 bits per heavy atom. The maximum absolute atomic E-state index is 4.00. The van der Waals surface area contributed by atoms with Crippen LogP contribution in [0.15, 0.2) is 24.8 Å². The quantitative estimate of drug-likeness (QED) is 0.694. The molecule has 0 atom stereocenters. The predicted octanol–water partition coefficient (Wildman–Crippen LogP) is 0.0417. The van der Waals surface area contributed by atoms with E-state index in [1.165, 1.54) is 6.33 Å². The van der Waals surface area contributed by atoms with Crippen LogP contribution in [0.4, 0.5) is 0 Å². The molecular formula is C6H7N3Pb. The maximum atomic E-state index is 4.00. The molecule has 3 nitrogen and oxygen atoms in total. The van der Waals surface area contributed by atoms with Gasteiger partial charge in [-0.25, -0.2) is 9.97 Å². The third-order valence-electron chi connectivity index (χ3n) is 1.22. The van der Waals surface area contributed by atoms with Gasteiger partial charge >= 0.3 is 27.3 Å². The van der Waals surface area contributed by atoms with E-state index in [1.54, 1.807) is 6.20 Å². The van der Waals surface area contributed by atoms with Crippen LogP contribution < -0.4 is 0 Å². The number of aromatic nitrogens is 3. The van der Waals surface area contributed by atoms with E-state index in [2.05, 4.69) is 15.0 Å². The van der Waals surface area contributed by atoms with Crippen LogP contribution >= 0.6 is 0 Å². The minimum atomic E-state index is 0. The summed E-state index contributed by atoms with van der Waals surface area (Å²) in [5.74, 6) is 0. The summed E-state index contributed by atoms with van der Waals surface area (Å²) in [6.07, 6.45) is 5.14. The average Bonchev–Trinajstić information content (AvgIpc) is 2.33. The molecule has 0 saturated carbocycles. The zero-order valence-electron chi connectivity index (χ0n) is 5.41. The second kappa shape index (κ2) is 3.09. The van der Waals surface area contributed by atoms with E-state index in [0.717, 1.165) is 11.0 Å². The molecule has 4 heteroatoms. The van der Waals surface area contributed by atoms with Gasteiger partial charge in [0.1, 0.15) is 6.33 Å². The average molecular weight is 328 g/mol. The van der Waals surface area contributed by atoms with E-state index in [-0.39, 0.29) is 27.3 Å². The fraction of sp³-hybridized carbons (Fsp3) is 0. The second-order valence-electron chi connectivity index (χ2n) is 1.80. The van der Waals surface area contributed by atoms with Crippen LogP contribution in [0.5, 0.6) is 0 Å². The van der Waals surface area contributed by atoms with Gasteiger partial charge in [-0.3, -0.25) is 0 Å². The fourth-order valence-electron chi connectivity index (χ4n) is 0.793. The van der Waals surface area contributed by atoms with Gasteiger partial charge in [0, 0.05) is 6.20 Å². The molecule has 0 spiro atoms. The van der Waals surface area contributed by atoms with Gasteiger partial charge in [0.2, 0.25) is 0 Å². The van der Waals surface area contributed by atoms with Crippen molar-refractivity contribution in [2.24, 2.45) is 0 Å². The summed E-state index contributed by atoms with van der Waals surface area (Å²) in [6, 6.07) is 1.91. The first-order chi connectivity index (χ1) is 4.47. The van der Waals surface area contributed by atoms with Crippen LogP contribution in [-0.2, 0) is 0 Å². The maximum Gasteiger partial charge on any atom is 0.116 e. The van der Waals surface area contributed by atoms with Crippen LogP contribution in [0.25, 0.3) is 11.0 Å². The first-order valence-corrected chi connectivity index (χ1v) is 2.70. The van der Waals surface area contributed by atoms with Gasteiger partial charge in [-0.15, -0.1) is 0 Å². The molecule has 2 rings (SSSR count). The number of hydrogen-bond donors (Lipinski definition) is 1. The van der Waals surface area contributed by atoms with Gasteiger partial charge in [0.25, 0.3) is 0 Å². The standard InChI is InChI=1S/C6H5N3.Pb.2H/c1-2-8-6-3-7-4-9-5(1)6;;;/h1-4,8H;;;. The van der Waals surface area contributed by atoms with Gasteiger partial charge in [-0.05, 0) is 6.07 Å². The monoisotopic (exact) mass is 329 g/mol. The molecule has 0 saturated heterocycles. The number of hydrogen-bond acceptors (Lipinski definition) is 2. The van der Waals surface area contributed by atoms with Gasteiger partial charge < -0.3 is 4.98 Å². The van der Waals surface area contributed by atoms with E-state index in [9.17, 15) is 0 Å². The molecule has 0 fully saturated rings. The van der Waals surface area contributed by atoms with Crippen LogP contribution in [0.2, 0.25) is 0 Å². The van der Waals surface area contributed by atoms with Crippen molar-refractivity contribution in [1.29, 1.82) is 0 Å². The van der Waals surface area contributed by atoms with Crippen molar-refractivity contribution in [2.45, 2.75) is 0 Å². The van der Waals surface area contributed by atoms with Crippen LogP contribution in [0.1, 0.15) is 0 Å². The van der Waals surface area contributed by atoms with E-state index in [1.807, 2.05) is 12.3 Å². The summed E-state index contributed by atoms with van der Waals surface area (Å²) in [6.45, 7) is 0. The molecule has 0 aliphatic rings. The molecule has 2 aromatic rings. The fourth-order valence-corrected chi connectivity index (χ4v) is 0.793. The SMILES string of the molecule is [PbH2].c1ncc2[nH]ccc2n1. The summed E-state index contributed by atoms with van der Waals surface area (Å²) in [5.41, 5.74) is 1.95. The molecule has 2 radical (unpaired) electrons. The Morgan fingerprint density at radius 1 is 1.40 bits per heavy atom. The summed E-state index contributed by atoms with van der Waals surface area (Å²) in [7, 11) is 0. The van der Waals surface area contributed by atoms with Crippen molar-refractivity contribution in [3.8, 4) is 0 Å². The van der Waals surface area contributed by atoms with E-state index < -0.39 is 0 Å².